The average molecular weight is 411 g/mol. The van der Waals surface area contributed by atoms with Crippen molar-refractivity contribution in [3.63, 3.8) is 0 Å². The lowest BCUT2D eigenvalue weighted by atomic mass is 10.1. The van der Waals surface area contributed by atoms with E-state index < -0.39 is 11.9 Å². The Hall–Kier alpha value is -3.02. The molecule has 1 saturated carbocycles. The summed E-state index contributed by atoms with van der Waals surface area (Å²) >= 11 is 0. The van der Waals surface area contributed by atoms with Gasteiger partial charge < -0.3 is 14.8 Å². The number of benzene rings is 2. The third-order valence-corrected chi connectivity index (χ3v) is 5.41. The number of hydrogen-bond acceptors (Lipinski definition) is 4. The van der Waals surface area contributed by atoms with Gasteiger partial charge in [-0.05, 0) is 43.0 Å². The molecule has 30 heavy (non-hydrogen) atoms. The highest BCUT2D eigenvalue weighted by Crippen LogP contribution is 2.31. The third-order valence-electron chi connectivity index (χ3n) is 5.41. The van der Waals surface area contributed by atoms with Crippen LogP contribution in [0.3, 0.4) is 0 Å². The quantitative estimate of drug-likeness (QED) is 0.674. The van der Waals surface area contributed by atoms with Crippen molar-refractivity contribution >= 4 is 11.9 Å². The van der Waals surface area contributed by atoms with Crippen LogP contribution >= 0.6 is 0 Å². The molecule has 0 spiro atoms. The summed E-state index contributed by atoms with van der Waals surface area (Å²) in [5.74, 6) is 0.551. The van der Waals surface area contributed by atoms with Crippen molar-refractivity contribution in [2.75, 3.05) is 7.11 Å². The Labute approximate surface area is 178 Å². The van der Waals surface area contributed by atoms with Gasteiger partial charge >= 0.3 is 6.03 Å². The molecule has 0 aliphatic heterocycles. The first-order valence-corrected chi connectivity index (χ1v) is 10.5. The summed E-state index contributed by atoms with van der Waals surface area (Å²) in [6.45, 7) is 2.16. The van der Waals surface area contributed by atoms with Crippen molar-refractivity contribution in [2.24, 2.45) is 0 Å². The molecule has 1 aliphatic carbocycles. The van der Waals surface area contributed by atoms with E-state index in [0.29, 0.717) is 29.2 Å². The van der Waals surface area contributed by atoms with Crippen molar-refractivity contribution in [3.05, 3.63) is 59.2 Å². The van der Waals surface area contributed by atoms with E-state index in [0.717, 1.165) is 31.2 Å². The number of urea groups is 1. The minimum absolute atomic E-state index is 0.127. The minimum atomic E-state index is -0.453. The Balaban J connectivity index is 1.67. The zero-order valence-electron chi connectivity index (χ0n) is 17.7. The molecule has 3 rings (SSSR count). The zero-order chi connectivity index (χ0) is 21.3. The lowest BCUT2D eigenvalue weighted by molar-refractivity contribution is 0.0962. The van der Waals surface area contributed by atoms with Gasteiger partial charge in [0.2, 0.25) is 0 Å². The monoisotopic (exact) mass is 410 g/mol. The van der Waals surface area contributed by atoms with Gasteiger partial charge in [-0.1, -0.05) is 56.0 Å². The molecule has 0 saturated heterocycles. The summed E-state index contributed by atoms with van der Waals surface area (Å²) in [7, 11) is 1.56. The highest BCUT2D eigenvalue weighted by molar-refractivity contribution is 6.05. The molecular formula is C24H30N2O4. The Bertz CT molecular complexity index is 859. The molecule has 6 nitrogen and oxygen atoms in total. The second-order valence-electron chi connectivity index (χ2n) is 7.71. The van der Waals surface area contributed by atoms with Crippen LogP contribution in [0.25, 0.3) is 0 Å². The van der Waals surface area contributed by atoms with Crippen LogP contribution in [-0.2, 0) is 6.61 Å². The van der Waals surface area contributed by atoms with Crippen LogP contribution in [0.2, 0.25) is 0 Å². The number of carbonyl (C=O) groups excluding carboxylic acids is 2. The molecule has 2 aromatic rings. The smallest absolute Gasteiger partial charge is 0.321 e. The lowest BCUT2D eigenvalue weighted by Crippen LogP contribution is -2.44. The van der Waals surface area contributed by atoms with Gasteiger partial charge in [0, 0.05) is 11.6 Å². The molecule has 0 atom stereocenters. The molecule has 0 radical (unpaired) electrons. The SMILES string of the molecule is COc1cc(C)c(C(=O)NC(=O)NC2CCCCCC2)cc1OCc1ccccc1. The molecule has 6 heteroatoms. The van der Waals surface area contributed by atoms with Crippen LogP contribution in [0.15, 0.2) is 42.5 Å². The van der Waals surface area contributed by atoms with Gasteiger partial charge in [0.05, 0.1) is 7.11 Å². The maximum atomic E-state index is 12.7. The average Bonchev–Trinajstić information content (AvgIpc) is 3.01. The van der Waals surface area contributed by atoms with Crippen LogP contribution in [0.4, 0.5) is 4.79 Å². The van der Waals surface area contributed by atoms with E-state index in [4.69, 9.17) is 9.47 Å². The molecule has 160 valence electrons. The highest BCUT2D eigenvalue weighted by Gasteiger charge is 2.19. The molecule has 2 aromatic carbocycles. The Morgan fingerprint density at radius 2 is 1.70 bits per heavy atom. The van der Waals surface area contributed by atoms with Gasteiger partial charge in [0.15, 0.2) is 11.5 Å². The largest absolute Gasteiger partial charge is 0.493 e. The van der Waals surface area contributed by atoms with Gasteiger partial charge in [0.25, 0.3) is 5.91 Å². The topological polar surface area (TPSA) is 76.7 Å². The van der Waals surface area contributed by atoms with Crippen LogP contribution in [0, 0.1) is 6.92 Å². The molecule has 0 bridgehead atoms. The van der Waals surface area contributed by atoms with Gasteiger partial charge in [-0.2, -0.15) is 0 Å². The highest BCUT2D eigenvalue weighted by atomic mass is 16.5. The summed E-state index contributed by atoms with van der Waals surface area (Å²) in [5.41, 5.74) is 2.10. The van der Waals surface area contributed by atoms with Crippen molar-refractivity contribution < 1.29 is 19.1 Å². The number of hydrogen-bond donors (Lipinski definition) is 2. The number of carbonyl (C=O) groups is 2. The predicted molar refractivity (Wildman–Crippen MR) is 116 cm³/mol. The normalized spacial score (nSPS) is 14.5. The molecule has 0 unspecified atom stereocenters. The van der Waals surface area contributed by atoms with Gasteiger partial charge in [-0.25, -0.2) is 4.79 Å². The molecule has 0 heterocycles. The number of nitrogens with one attached hydrogen (secondary N) is 2. The lowest BCUT2D eigenvalue weighted by Gasteiger charge is -2.17. The fourth-order valence-corrected chi connectivity index (χ4v) is 3.73. The Morgan fingerprint density at radius 3 is 2.37 bits per heavy atom. The van der Waals surface area contributed by atoms with Crippen LogP contribution in [0.1, 0.15) is 60.0 Å². The zero-order valence-corrected chi connectivity index (χ0v) is 17.7. The first kappa shape index (κ1) is 21.7. The van der Waals surface area contributed by atoms with E-state index in [1.165, 1.54) is 12.8 Å². The number of imide groups is 1. The summed E-state index contributed by atoms with van der Waals surface area (Å²) in [4.78, 5) is 25.1. The molecule has 3 amide bonds. The van der Waals surface area contributed by atoms with Crippen molar-refractivity contribution in [1.82, 2.24) is 10.6 Å². The Kier molecular flexibility index (Phi) is 7.71. The first-order chi connectivity index (χ1) is 14.6. The van der Waals surface area contributed by atoms with Gasteiger partial charge in [-0.3, -0.25) is 10.1 Å². The summed E-state index contributed by atoms with van der Waals surface area (Å²) in [6.07, 6.45) is 6.55. The number of aryl methyl sites for hydroxylation is 1. The van der Waals surface area contributed by atoms with E-state index in [9.17, 15) is 9.59 Å². The number of rotatable bonds is 6. The van der Waals surface area contributed by atoms with Crippen molar-refractivity contribution in [3.8, 4) is 11.5 Å². The molecule has 0 aromatic heterocycles. The standard InChI is InChI=1S/C24H30N2O4/c1-17-14-21(29-2)22(30-16-18-10-6-5-7-11-18)15-20(17)23(27)26-24(28)25-19-12-8-3-4-9-13-19/h5-7,10-11,14-15,19H,3-4,8-9,12-13,16H2,1-2H3,(H2,25,26,27,28). The van der Waals surface area contributed by atoms with Crippen molar-refractivity contribution in [2.45, 2.75) is 58.1 Å². The summed E-state index contributed by atoms with van der Waals surface area (Å²) in [6, 6.07) is 12.8. The number of ether oxygens (including phenoxy) is 2. The first-order valence-electron chi connectivity index (χ1n) is 10.5. The number of methoxy groups -OCH3 is 1. The fraction of sp³-hybridized carbons (Fsp3) is 0.417. The maximum absolute atomic E-state index is 12.7. The third kappa shape index (κ3) is 5.99. The molecule has 1 fully saturated rings. The van der Waals surface area contributed by atoms with E-state index >= 15 is 0 Å². The van der Waals surface area contributed by atoms with E-state index in [2.05, 4.69) is 10.6 Å². The second-order valence-corrected chi connectivity index (χ2v) is 7.71. The predicted octanol–water partition coefficient (Wildman–Crippen LogP) is 4.74. The van der Waals surface area contributed by atoms with Crippen molar-refractivity contribution in [1.29, 1.82) is 0 Å². The van der Waals surface area contributed by atoms with E-state index in [-0.39, 0.29) is 6.04 Å². The molecular weight excluding hydrogens is 380 g/mol. The van der Waals surface area contributed by atoms with Gasteiger partial charge in [0.1, 0.15) is 6.61 Å². The molecule has 2 N–H and O–H groups in total. The van der Waals surface area contributed by atoms with E-state index in [1.807, 2.05) is 37.3 Å². The van der Waals surface area contributed by atoms with E-state index in [1.54, 1.807) is 19.2 Å². The maximum Gasteiger partial charge on any atom is 0.321 e. The fourth-order valence-electron chi connectivity index (χ4n) is 3.73. The summed E-state index contributed by atoms with van der Waals surface area (Å²) in [5, 5.41) is 5.39. The Morgan fingerprint density at radius 1 is 1.00 bits per heavy atom. The van der Waals surface area contributed by atoms with Crippen LogP contribution < -0.4 is 20.1 Å². The minimum Gasteiger partial charge on any atom is -0.493 e. The van der Waals surface area contributed by atoms with Crippen LogP contribution in [-0.4, -0.2) is 25.1 Å². The van der Waals surface area contributed by atoms with Crippen LogP contribution in [0.5, 0.6) is 11.5 Å². The van der Waals surface area contributed by atoms with Gasteiger partial charge in [-0.15, -0.1) is 0 Å². The molecule has 1 aliphatic rings. The second kappa shape index (κ2) is 10.7. The summed E-state index contributed by atoms with van der Waals surface area (Å²) < 4.78 is 11.3. The number of amides is 3.